The third-order valence-corrected chi connectivity index (χ3v) is 6.85. The lowest BCUT2D eigenvalue weighted by Gasteiger charge is -2.34. The lowest BCUT2D eigenvalue weighted by Crippen LogP contribution is -2.44. The number of likely N-dealkylation sites (N-methyl/N-ethyl adjacent to an activating group) is 3. The second-order valence-corrected chi connectivity index (χ2v) is 9.76. The Balaban J connectivity index is 0.00000205. The monoisotopic (exact) mass is 551 g/mol. The van der Waals surface area contributed by atoms with Gasteiger partial charge in [-0.3, -0.25) is 0 Å². The summed E-state index contributed by atoms with van der Waals surface area (Å²) < 4.78 is 6.26. The zero-order chi connectivity index (χ0) is 28.4. The molecule has 0 radical (unpaired) electrons. The fourth-order valence-corrected chi connectivity index (χ4v) is 4.40. The van der Waals surface area contributed by atoms with Gasteiger partial charge in [-0.25, -0.2) is 4.98 Å². The van der Waals surface area contributed by atoms with E-state index in [1.54, 1.807) is 6.20 Å². The maximum atomic E-state index is 6.43. The molecule has 0 saturated carbocycles. The molecule has 0 spiro atoms. The van der Waals surface area contributed by atoms with E-state index in [4.69, 9.17) is 16.3 Å². The van der Waals surface area contributed by atoms with Crippen molar-refractivity contribution in [3.05, 3.63) is 83.5 Å². The number of rotatable bonds is 10. The van der Waals surface area contributed by atoms with Crippen LogP contribution in [0.2, 0.25) is 5.02 Å². The summed E-state index contributed by atoms with van der Waals surface area (Å²) in [5.41, 5.74) is 4.78. The highest BCUT2D eigenvalue weighted by Gasteiger charge is 2.19. The topological polar surface area (TPSA) is 68.8 Å². The van der Waals surface area contributed by atoms with Gasteiger partial charge in [0.1, 0.15) is 10.8 Å². The second kappa shape index (κ2) is 14.6. The molecule has 1 saturated heterocycles. The number of piperazine rings is 1. The number of halogens is 1. The fraction of sp³-hybridized carbons (Fsp3) is 0.400. The minimum atomic E-state index is 0.322. The van der Waals surface area contributed by atoms with Crippen molar-refractivity contribution in [1.82, 2.24) is 25.1 Å². The van der Waals surface area contributed by atoms with Crippen molar-refractivity contribution in [1.29, 1.82) is 0 Å². The van der Waals surface area contributed by atoms with Crippen molar-refractivity contribution in [3.8, 4) is 5.88 Å². The SMILES string of the molecule is C=C(CN(C)C1=C(Oc2nc(Nc3ccc(N4CCN(C)CC4)cc3)ncc2Cl)CCC=C1)C(=C)NC.CC. The van der Waals surface area contributed by atoms with E-state index in [2.05, 4.69) is 79.8 Å². The van der Waals surface area contributed by atoms with E-state index >= 15 is 0 Å². The number of hydrogen-bond donors (Lipinski definition) is 2. The lowest BCUT2D eigenvalue weighted by atomic mass is 10.1. The van der Waals surface area contributed by atoms with E-state index in [1.165, 1.54) is 5.69 Å². The molecule has 39 heavy (non-hydrogen) atoms. The third kappa shape index (κ3) is 8.25. The molecule has 4 rings (SSSR count). The number of hydrogen-bond acceptors (Lipinski definition) is 8. The Morgan fingerprint density at radius 1 is 1.13 bits per heavy atom. The molecule has 0 amide bonds. The van der Waals surface area contributed by atoms with Crippen LogP contribution in [0.15, 0.2) is 78.5 Å². The Labute approximate surface area is 238 Å². The van der Waals surface area contributed by atoms with Crippen molar-refractivity contribution in [2.24, 2.45) is 0 Å². The first-order valence-electron chi connectivity index (χ1n) is 13.5. The molecule has 2 N–H and O–H groups in total. The Kier molecular flexibility index (Phi) is 11.3. The second-order valence-electron chi connectivity index (χ2n) is 9.35. The highest BCUT2D eigenvalue weighted by molar-refractivity contribution is 6.31. The van der Waals surface area contributed by atoms with Crippen LogP contribution in [-0.2, 0) is 0 Å². The number of nitrogens with one attached hydrogen (secondary N) is 2. The molecular formula is C30H42ClN7O. The largest absolute Gasteiger partial charge is 0.440 e. The van der Waals surface area contributed by atoms with Gasteiger partial charge in [0, 0.05) is 70.3 Å². The van der Waals surface area contributed by atoms with Crippen molar-refractivity contribution in [3.63, 3.8) is 0 Å². The summed E-state index contributed by atoms with van der Waals surface area (Å²) in [5.74, 6) is 1.55. The van der Waals surface area contributed by atoms with Gasteiger partial charge in [-0.15, -0.1) is 0 Å². The van der Waals surface area contributed by atoms with Crippen molar-refractivity contribution in [2.45, 2.75) is 26.7 Å². The standard InChI is InChI=1S/C28H36ClN7O.C2H6/c1-20(21(2)30-3)19-35(5)25-8-6-7-9-26(25)37-27-24(29)18-31-28(33-27)32-22-10-12-23(13-11-22)36-16-14-34(4)15-17-36;1-2/h6,8,10-13,18,30H,1-2,7,9,14-17,19H2,3-5H3,(H,31,32,33);1-2H3. The molecule has 1 fully saturated rings. The summed E-state index contributed by atoms with van der Waals surface area (Å²) in [5, 5.41) is 6.67. The first-order valence-corrected chi connectivity index (χ1v) is 13.9. The van der Waals surface area contributed by atoms with Crippen LogP contribution in [-0.4, -0.2) is 73.6 Å². The maximum absolute atomic E-state index is 6.43. The van der Waals surface area contributed by atoms with Crippen molar-refractivity contribution < 1.29 is 4.74 Å². The predicted molar refractivity (Wildman–Crippen MR) is 164 cm³/mol. The minimum absolute atomic E-state index is 0.322. The van der Waals surface area contributed by atoms with Gasteiger partial charge in [-0.05, 0) is 49.4 Å². The summed E-state index contributed by atoms with van der Waals surface area (Å²) in [4.78, 5) is 15.8. The van der Waals surface area contributed by atoms with Crippen molar-refractivity contribution in [2.75, 3.05) is 64.1 Å². The van der Waals surface area contributed by atoms with Crippen molar-refractivity contribution >= 4 is 28.9 Å². The molecule has 2 aliphatic rings. The predicted octanol–water partition coefficient (Wildman–Crippen LogP) is 5.81. The van der Waals surface area contributed by atoms with E-state index in [-0.39, 0.29) is 0 Å². The van der Waals surface area contributed by atoms with Crippen LogP contribution < -0.4 is 20.3 Å². The Bertz CT molecular complexity index is 1180. The van der Waals surface area contributed by atoms with Crippen LogP contribution in [0.25, 0.3) is 0 Å². The van der Waals surface area contributed by atoms with Crippen LogP contribution in [0.3, 0.4) is 0 Å². The molecule has 1 aliphatic carbocycles. The normalized spacial score (nSPS) is 15.3. The van der Waals surface area contributed by atoms with Crippen LogP contribution in [0.5, 0.6) is 5.88 Å². The number of benzene rings is 1. The summed E-state index contributed by atoms with van der Waals surface area (Å²) in [6.45, 7) is 16.9. The molecule has 1 aromatic heterocycles. The molecule has 8 nitrogen and oxygen atoms in total. The summed E-state index contributed by atoms with van der Waals surface area (Å²) >= 11 is 6.43. The van der Waals surface area contributed by atoms with Gasteiger partial charge >= 0.3 is 0 Å². The van der Waals surface area contributed by atoms with Gasteiger partial charge in [0.2, 0.25) is 11.8 Å². The molecule has 2 aromatic rings. The summed E-state index contributed by atoms with van der Waals surface area (Å²) in [7, 11) is 6.00. The van der Waals surface area contributed by atoms with Crippen LogP contribution in [0.4, 0.5) is 17.3 Å². The van der Waals surface area contributed by atoms with Gasteiger partial charge in [-0.2, -0.15) is 4.98 Å². The third-order valence-electron chi connectivity index (χ3n) is 6.59. The number of ether oxygens (including phenoxy) is 1. The molecular weight excluding hydrogens is 510 g/mol. The Morgan fingerprint density at radius 2 is 1.82 bits per heavy atom. The molecule has 2 heterocycles. The van der Waals surface area contributed by atoms with Gasteiger partial charge in [-0.1, -0.05) is 44.7 Å². The first-order chi connectivity index (χ1) is 18.8. The highest BCUT2D eigenvalue weighted by Crippen LogP contribution is 2.30. The van der Waals surface area contributed by atoms with E-state index < -0.39 is 0 Å². The fourth-order valence-electron chi connectivity index (χ4n) is 4.27. The number of aromatic nitrogens is 2. The van der Waals surface area contributed by atoms with Gasteiger partial charge in [0.05, 0.1) is 11.9 Å². The van der Waals surface area contributed by atoms with E-state index in [1.807, 2.05) is 40.1 Å². The first kappa shape index (κ1) is 30.1. The molecule has 210 valence electrons. The lowest BCUT2D eigenvalue weighted by molar-refractivity contribution is 0.313. The average Bonchev–Trinajstić information content (AvgIpc) is 2.96. The zero-order valence-electron chi connectivity index (χ0n) is 23.9. The van der Waals surface area contributed by atoms with E-state index in [0.717, 1.165) is 67.4 Å². The molecule has 1 aromatic carbocycles. The number of anilines is 3. The molecule has 9 heteroatoms. The van der Waals surface area contributed by atoms with Gasteiger partial charge in [0.15, 0.2) is 0 Å². The quantitative estimate of drug-likeness (QED) is 0.358. The highest BCUT2D eigenvalue weighted by atomic mass is 35.5. The minimum Gasteiger partial charge on any atom is -0.440 e. The van der Waals surface area contributed by atoms with Crippen LogP contribution >= 0.6 is 11.6 Å². The van der Waals surface area contributed by atoms with E-state index in [0.29, 0.717) is 23.4 Å². The smallest absolute Gasteiger partial charge is 0.242 e. The Hall–Kier alpha value is -3.49. The van der Waals surface area contributed by atoms with Gasteiger partial charge < -0.3 is 30.1 Å². The molecule has 0 unspecified atom stereocenters. The molecule has 0 bridgehead atoms. The van der Waals surface area contributed by atoms with Crippen LogP contribution in [0.1, 0.15) is 26.7 Å². The zero-order valence-corrected chi connectivity index (χ0v) is 24.7. The molecule has 1 aliphatic heterocycles. The van der Waals surface area contributed by atoms with E-state index in [9.17, 15) is 0 Å². The summed E-state index contributed by atoms with van der Waals surface area (Å²) in [6, 6.07) is 8.33. The summed E-state index contributed by atoms with van der Waals surface area (Å²) in [6.07, 6.45) is 7.38. The number of nitrogens with zero attached hydrogens (tertiary/aromatic N) is 5. The van der Waals surface area contributed by atoms with Gasteiger partial charge in [0.25, 0.3) is 0 Å². The van der Waals surface area contributed by atoms with Crippen LogP contribution in [0, 0.1) is 0 Å². The Morgan fingerprint density at radius 3 is 2.49 bits per heavy atom. The average molecular weight is 552 g/mol. The number of allylic oxidation sites excluding steroid dienone is 3. The molecule has 0 atom stereocenters. The maximum Gasteiger partial charge on any atom is 0.242 e.